The number of carbonyl (C=O) groups excluding carboxylic acids is 2. The van der Waals surface area contributed by atoms with Crippen LogP contribution >= 0.6 is 0 Å². The summed E-state index contributed by atoms with van der Waals surface area (Å²) in [5.41, 5.74) is 0.357. The van der Waals surface area contributed by atoms with Crippen LogP contribution in [0.4, 0.5) is 0 Å². The molecule has 2 N–H and O–H groups in total. The fraction of sp³-hybridized carbons (Fsp3) is 0.375. The highest BCUT2D eigenvalue weighted by Gasteiger charge is 2.12. The Bertz CT molecular complexity index is 321. The van der Waals surface area contributed by atoms with Crippen molar-refractivity contribution in [2.24, 2.45) is 0 Å². The van der Waals surface area contributed by atoms with E-state index >= 15 is 0 Å². The molecular formula is C8H11N3O3. The van der Waals surface area contributed by atoms with E-state index < -0.39 is 0 Å². The SMILES string of the molecule is COCCNC(=O)c1c[nH]nc1C=O. The quantitative estimate of drug-likeness (QED) is 0.497. The third-order valence-corrected chi connectivity index (χ3v) is 1.62. The van der Waals surface area contributed by atoms with Crippen LogP contribution in [0.1, 0.15) is 20.8 Å². The molecule has 0 aromatic carbocycles. The van der Waals surface area contributed by atoms with Crippen LogP contribution in [-0.4, -0.2) is 42.7 Å². The van der Waals surface area contributed by atoms with Crippen molar-refractivity contribution in [1.29, 1.82) is 0 Å². The summed E-state index contributed by atoms with van der Waals surface area (Å²) >= 11 is 0. The molecule has 14 heavy (non-hydrogen) atoms. The number of ether oxygens (including phenoxy) is 1. The van der Waals surface area contributed by atoms with Crippen LogP contribution in [0.5, 0.6) is 0 Å². The van der Waals surface area contributed by atoms with E-state index in [2.05, 4.69) is 15.5 Å². The lowest BCUT2D eigenvalue weighted by Crippen LogP contribution is -2.27. The number of methoxy groups -OCH3 is 1. The van der Waals surface area contributed by atoms with Gasteiger partial charge in [0.1, 0.15) is 5.69 Å². The number of hydrogen-bond acceptors (Lipinski definition) is 4. The smallest absolute Gasteiger partial charge is 0.255 e. The summed E-state index contributed by atoms with van der Waals surface area (Å²) in [6.07, 6.45) is 1.91. The Morgan fingerprint density at radius 2 is 2.57 bits per heavy atom. The molecule has 0 aliphatic rings. The van der Waals surface area contributed by atoms with Crippen molar-refractivity contribution >= 4 is 12.2 Å². The van der Waals surface area contributed by atoms with Gasteiger partial charge < -0.3 is 10.1 Å². The van der Waals surface area contributed by atoms with Gasteiger partial charge in [-0.25, -0.2) is 0 Å². The molecule has 1 rings (SSSR count). The summed E-state index contributed by atoms with van der Waals surface area (Å²) in [6, 6.07) is 0. The first kappa shape index (κ1) is 10.4. The molecule has 0 fully saturated rings. The number of nitrogens with zero attached hydrogens (tertiary/aromatic N) is 1. The van der Waals surface area contributed by atoms with E-state index in [1.807, 2.05) is 0 Å². The number of carbonyl (C=O) groups is 2. The molecule has 1 heterocycles. The summed E-state index contributed by atoms with van der Waals surface area (Å²) in [7, 11) is 1.54. The van der Waals surface area contributed by atoms with Gasteiger partial charge in [0, 0.05) is 19.9 Å². The zero-order valence-corrected chi connectivity index (χ0v) is 7.74. The fourth-order valence-electron chi connectivity index (χ4n) is 0.934. The summed E-state index contributed by atoms with van der Waals surface area (Å²) < 4.78 is 4.76. The molecule has 0 aliphatic carbocycles. The maximum atomic E-state index is 11.4. The maximum Gasteiger partial charge on any atom is 0.255 e. The Balaban J connectivity index is 2.56. The Hall–Kier alpha value is -1.69. The molecule has 1 aromatic heterocycles. The van der Waals surface area contributed by atoms with Gasteiger partial charge in [-0.05, 0) is 0 Å². The number of hydrogen-bond donors (Lipinski definition) is 2. The largest absolute Gasteiger partial charge is 0.383 e. The Morgan fingerprint density at radius 1 is 1.79 bits per heavy atom. The predicted octanol–water partition coefficient (Wildman–Crippen LogP) is -0.402. The first-order chi connectivity index (χ1) is 6.79. The first-order valence-electron chi connectivity index (χ1n) is 4.05. The van der Waals surface area contributed by atoms with Gasteiger partial charge in [0.05, 0.1) is 12.2 Å². The Kier molecular flexibility index (Phi) is 3.81. The van der Waals surface area contributed by atoms with Gasteiger partial charge in [-0.15, -0.1) is 0 Å². The molecule has 0 aliphatic heterocycles. The number of H-pyrrole nitrogens is 1. The number of aldehydes is 1. The van der Waals surface area contributed by atoms with Crippen LogP contribution in [0.15, 0.2) is 6.20 Å². The molecule has 76 valence electrons. The van der Waals surface area contributed by atoms with Crippen molar-refractivity contribution in [2.75, 3.05) is 20.3 Å². The second kappa shape index (κ2) is 5.13. The molecule has 0 radical (unpaired) electrons. The number of aromatic amines is 1. The van der Waals surface area contributed by atoms with Crippen LogP contribution in [0.2, 0.25) is 0 Å². The normalized spacial score (nSPS) is 9.79. The van der Waals surface area contributed by atoms with Gasteiger partial charge in [0.25, 0.3) is 5.91 Å². The van der Waals surface area contributed by atoms with Gasteiger partial charge in [-0.1, -0.05) is 0 Å². The van der Waals surface area contributed by atoms with Crippen LogP contribution in [0.25, 0.3) is 0 Å². The van der Waals surface area contributed by atoms with Gasteiger partial charge >= 0.3 is 0 Å². The number of aromatic nitrogens is 2. The van der Waals surface area contributed by atoms with Crippen LogP contribution in [0, 0.1) is 0 Å². The third-order valence-electron chi connectivity index (χ3n) is 1.62. The Morgan fingerprint density at radius 3 is 3.21 bits per heavy atom. The molecule has 0 saturated heterocycles. The fourth-order valence-corrected chi connectivity index (χ4v) is 0.934. The minimum Gasteiger partial charge on any atom is -0.383 e. The highest BCUT2D eigenvalue weighted by Crippen LogP contribution is 2.00. The van der Waals surface area contributed by atoms with E-state index in [0.717, 1.165) is 0 Å². The van der Waals surface area contributed by atoms with E-state index in [-0.39, 0.29) is 17.2 Å². The minimum absolute atomic E-state index is 0.111. The van der Waals surface area contributed by atoms with E-state index in [1.165, 1.54) is 6.20 Å². The molecule has 1 amide bonds. The highest BCUT2D eigenvalue weighted by atomic mass is 16.5. The lowest BCUT2D eigenvalue weighted by atomic mass is 10.2. The number of rotatable bonds is 5. The standard InChI is InChI=1S/C8H11N3O3/c1-14-3-2-9-8(13)6-4-10-11-7(6)5-12/h4-5H,2-3H2,1H3,(H,9,13)(H,10,11). The molecule has 1 aromatic rings. The average Bonchev–Trinajstić information content (AvgIpc) is 2.65. The van der Waals surface area contributed by atoms with Crippen molar-refractivity contribution in [2.45, 2.75) is 0 Å². The lowest BCUT2D eigenvalue weighted by Gasteiger charge is -2.01. The van der Waals surface area contributed by atoms with Gasteiger partial charge in [0.2, 0.25) is 0 Å². The minimum atomic E-state index is -0.335. The van der Waals surface area contributed by atoms with Crippen LogP contribution in [-0.2, 0) is 4.74 Å². The summed E-state index contributed by atoms with van der Waals surface area (Å²) in [5, 5.41) is 8.62. The van der Waals surface area contributed by atoms with Gasteiger partial charge in [-0.2, -0.15) is 5.10 Å². The van der Waals surface area contributed by atoms with E-state index in [1.54, 1.807) is 7.11 Å². The van der Waals surface area contributed by atoms with E-state index in [9.17, 15) is 9.59 Å². The van der Waals surface area contributed by atoms with Crippen molar-refractivity contribution in [1.82, 2.24) is 15.5 Å². The molecule has 6 heteroatoms. The zero-order valence-electron chi connectivity index (χ0n) is 7.74. The summed E-state index contributed by atoms with van der Waals surface area (Å²) in [4.78, 5) is 21.8. The highest BCUT2D eigenvalue weighted by molar-refractivity contribution is 6.00. The van der Waals surface area contributed by atoms with Crippen molar-refractivity contribution in [3.63, 3.8) is 0 Å². The number of amides is 1. The molecule has 0 saturated carbocycles. The van der Waals surface area contributed by atoms with E-state index in [0.29, 0.717) is 19.4 Å². The predicted molar refractivity (Wildman–Crippen MR) is 48.2 cm³/mol. The monoisotopic (exact) mass is 197 g/mol. The van der Waals surface area contributed by atoms with Gasteiger partial charge in [0.15, 0.2) is 6.29 Å². The second-order valence-electron chi connectivity index (χ2n) is 2.55. The molecular weight excluding hydrogens is 186 g/mol. The molecule has 0 unspecified atom stereocenters. The Labute approximate surface area is 80.6 Å². The van der Waals surface area contributed by atoms with E-state index in [4.69, 9.17) is 4.74 Å². The second-order valence-corrected chi connectivity index (χ2v) is 2.55. The molecule has 0 bridgehead atoms. The lowest BCUT2D eigenvalue weighted by molar-refractivity contribution is 0.0932. The summed E-state index contributed by atoms with van der Waals surface area (Å²) in [6.45, 7) is 0.832. The topological polar surface area (TPSA) is 84.1 Å². The zero-order chi connectivity index (χ0) is 10.4. The molecule has 0 atom stereocenters. The van der Waals surface area contributed by atoms with Crippen molar-refractivity contribution in [3.8, 4) is 0 Å². The van der Waals surface area contributed by atoms with Crippen LogP contribution < -0.4 is 5.32 Å². The summed E-state index contributed by atoms with van der Waals surface area (Å²) in [5.74, 6) is -0.335. The first-order valence-corrected chi connectivity index (χ1v) is 4.05. The average molecular weight is 197 g/mol. The van der Waals surface area contributed by atoms with Crippen molar-refractivity contribution < 1.29 is 14.3 Å². The van der Waals surface area contributed by atoms with Gasteiger partial charge in [-0.3, -0.25) is 14.7 Å². The van der Waals surface area contributed by atoms with Crippen LogP contribution in [0.3, 0.4) is 0 Å². The molecule has 6 nitrogen and oxygen atoms in total. The molecule has 0 spiro atoms. The maximum absolute atomic E-state index is 11.4. The third kappa shape index (κ3) is 2.40. The van der Waals surface area contributed by atoms with Crippen molar-refractivity contribution in [3.05, 3.63) is 17.5 Å². The number of nitrogens with one attached hydrogen (secondary N) is 2.